The average Bonchev–Trinajstić information content (AvgIpc) is 3.25. The van der Waals surface area contributed by atoms with E-state index in [0.29, 0.717) is 28.9 Å². The van der Waals surface area contributed by atoms with Crippen molar-refractivity contribution in [3.63, 3.8) is 0 Å². The van der Waals surface area contributed by atoms with Gasteiger partial charge in [0.05, 0.1) is 5.75 Å². The number of carbonyl (C=O) groups excluding carboxylic acids is 2. The molecule has 8 heteroatoms. The predicted molar refractivity (Wildman–Crippen MR) is 97.7 cm³/mol. The summed E-state index contributed by atoms with van der Waals surface area (Å²) in [5, 5.41) is 5.82. The Balaban J connectivity index is 1.56. The van der Waals surface area contributed by atoms with Crippen LogP contribution < -0.4 is 5.32 Å². The van der Waals surface area contributed by atoms with Crippen LogP contribution in [0.2, 0.25) is 5.02 Å². The van der Waals surface area contributed by atoms with Gasteiger partial charge in [0, 0.05) is 28.0 Å². The van der Waals surface area contributed by atoms with Crippen molar-refractivity contribution in [3.8, 4) is 0 Å². The van der Waals surface area contributed by atoms with Crippen LogP contribution in [0.1, 0.15) is 12.8 Å². The van der Waals surface area contributed by atoms with Gasteiger partial charge in [-0.05, 0) is 37.1 Å². The third-order valence-electron chi connectivity index (χ3n) is 3.71. The summed E-state index contributed by atoms with van der Waals surface area (Å²) >= 11 is 8.68. The van der Waals surface area contributed by atoms with Gasteiger partial charge in [-0.1, -0.05) is 11.6 Å². The maximum absolute atomic E-state index is 12.5. The molecule has 2 aromatic rings. The number of benzene rings is 1. The van der Waals surface area contributed by atoms with E-state index in [4.69, 9.17) is 11.6 Å². The van der Waals surface area contributed by atoms with E-state index in [1.165, 1.54) is 23.1 Å². The third kappa shape index (κ3) is 4.28. The Labute approximate surface area is 153 Å². The zero-order valence-electron chi connectivity index (χ0n) is 12.8. The fourth-order valence-corrected chi connectivity index (χ4v) is 4.01. The number of amides is 2. The van der Waals surface area contributed by atoms with E-state index >= 15 is 0 Å². The molecule has 24 heavy (non-hydrogen) atoms. The van der Waals surface area contributed by atoms with Gasteiger partial charge in [0.25, 0.3) is 0 Å². The molecule has 1 N–H and O–H groups in total. The first-order valence-corrected chi connectivity index (χ1v) is 9.76. The zero-order chi connectivity index (χ0) is 16.9. The van der Waals surface area contributed by atoms with Gasteiger partial charge in [-0.25, -0.2) is 4.98 Å². The van der Waals surface area contributed by atoms with Crippen LogP contribution in [0.15, 0.2) is 40.7 Å². The number of thioether (sulfide) groups is 1. The van der Waals surface area contributed by atoms with Gasteiger partial charge in [0.15, 0.2) is 5.13 Å². The standard InChI is InChI=1S/C16H16ClN3O2S2/c17-11-3-5-12(6-4-11)24-10-14(21)20-8-1-2-13(20)15(22)19-16-18-7-9-23-16/h3-7,9,13H,1-2,8,10H2,(H,18,19,22). The van der Waals surface area contributed by atoms with Crippen molar-refractivity contribution in [2.45, 2.75) is 23.8 Å². The number of carbonyl (C=O) groups is 2. The monoisotopic (exact) mass is 381 g/mol. The molecule has 1 unspecified atom stereocenters. The van der Waals surface area contributed by atoms with Crippen molar-refractivity contribution >= 4 is 51.6 Å². The Hall–Kier alpha value is -1.57. The van der Waals surface area contributed by atoms with Crippen LogP contribution in [0.4, 0.5) is 5.13 Å². The summed E-state index contributed by atoms with van der Waals surface area (Å²) in [6.07, 6.45) is 3.17. The van der Waals surface area contributed by atoms with Crippen molar-refractivity contribution in [2.24, 2.45) is 0 Å². The number of aromatic nitrogens is 1. The molecule has 1 atom stereocenters. The molecule has 5 nitrogen and oxygen atoms in total. The average molecular weight is 382 g/mol. The van der Waals surface area contributed by atoms with Crippen LogP contribution in [-0.2, 0) is 9.59 Å². The molecule has 1 aromatic heterocycles. The Morgan fingerprint density at radius 3 is 2.88 bits per heavy atom. The molecule has 0 aliphatic carbocycles. The molecular formula is C16H16ClN3O2S2. The smallest absolute Gasteiger partial charge is 0.248 e. The second-order valence-corrected chi connectivity index (χ2v) is 7.69. The summed E-state index contributed by atoms with van der Waals surface area (Å²) in [5.74, 6) is 0.127. The van der Waals surface area contributed by atoms with Crippen molar-refractivity contribution < 1.29 is 9.59 Å². The van der Waals surface area contributed by atoms with Crippen LogP contribution in [0.3, 0.4) is 0 Å². The molecule has 3 rings (SSSR count). The van der Waals surface area contributed by atoms with E-state index in [1.54, 1.807) is 28.6 Å². The molecule has 1 aliphatic rings. The number of thiazole rings is 1. The van der Waals surface area contributed by atoms with Crippen molar-refractivity contribution in [1.82, 2.24) is 9.88 Å². The largest absolute Gasteiger partial charge is 0.330 e. The van der Waals surface area contributed by atoms with E-state index in [-0.39, 0.29) is 11.8 Å². The Kier molecular flexibility index (Phi) is 5.76. The highest BCUT2D eigenvalue weighted by atomic mass is 35.5. The topological polar surface area (TPSA) is 62.3 Å². The van der Waals surface area contributed by atoms with Crippen molar-refractivity contribution in [3.05, 3.63) is 40.9 Å². The highest BCUT2D eigenvalue weighted by Gasteiger charge is 2.34. The summed E-state index contributed by atoms with van der Waals surface area (Å²) in [5.41, 5.74) is 0. The third-order valence-corrected chi connectivity index (χ3v) is 5.65. The molecule has 1 aliphatic heterocycles. The summed E-state index contributed by atoms with van der Waals surface area (Å²) in [7, 11) is 0. The van der Waals surface area contributed by atoms with E-state index in [2.05, 4.69) is 10.3 Å². The summed E-state index contributed by atoms with van der Waals surface area (Å²) in [6.45, 7) is 0.621. The first-order valence-electron chi connectivity index (χ1n) is 7.51. The molecule has 0 radical (unpaired) electrons. The van der Waals surface area contributed by atoms with Crippen LogP contribution in [0.5, 0.6) is 0 Å². The van der Waals surface area contributed by atoms with Crippen molar-refractivity contribution in [2.75, 3.05) is 17.6 Å². The minimum Gasteiger partial charge on any atom is -0.330 e. The van der Waals surface area contributed by atoms with Crippen molar-refractivity contribution in [1.29, 1.82) is 0 Å². The number of rotatable bonds is 5. The van der Waals surface area contributed by atoms with Crippen LogP contribution in [0.25, 0.3) is 0 Å². The van der Waals surface area contributed by atoms with Gasteiger partial charge in [-0.2, -0.15) is 0 Å². The summed E-state index contributed by atoms with van der Waals surface area (Å²) in [6, 6.07) is 6.96. The van der Waals surface area contributed by atoms with E-state index in [0.717, 1.165) is 11.3 Å². The van der Waals surface area contributed by atoms with E-state index in [1.807, 2.05) is 12.1 Å². The normalized spacial score (nSPS) is 17.0. The molecule has 1 fully saturated rings. The SMILES string of the molecule is O=C(Nc1nccs1)C1CCCN1C(=O)CSc1ccc(Cl)cc1. The van der Waals surface area contributed by atoms with Gasteiger partial charge in [-0.15, -0.1) is 23.1 Å². The highest BCUT2D eigenvalue weighted by molar-refractivity contribution is 8.00. The minimum atomic E-state index is -0.410. The number of halogens is 1. The lowest BCUT2D eigenvalue weighted by atomic mass is 10.2. The Morgan fingerprint density at radius 1 is 1.38 bits per heavy atom. The molecule has 126 valence electrons. The second kappa shape index (κ2) is 8.00. The molecule has 1 saturated heterocycles. The van der Waals surface area contributed by atoms with Crippen LogP contribution in [0, 0.1) is 0 Å². The zero-order valence-corrected chi connectivity index (χ0v) is 15.2. The van der Waals surface area contributed by atoms with Crippen LogP contribution >= 0.6 is 34.7 Å². The maximum Gasteiger partial charge on any atom is 0.248 e. The lowest BCUT2D eigenvalue weighted by molar-refractivity contribution is -0.134. The van der Waals surface area contributed by atoms with Gasteiger partial charge in [-0.3, -0.25) is 9.59 Å². The Morgan fingerprint density at radius 2 is 2.17 bits per heavy atom. The highest BCUT2D eigenvalue weighted by Crippen LogP contribution is 2.24. The number of likely N-dealkylation sites (tertiary alicyclic amines) is 1. The number of hydrogen-bond donors (Lipinski definition) is 1. The molecule has 1 aromatic carbocycles. The fourth-order valence-electron chi connectivity index (χ4n) is 2.57. The molecular weight excluding hydrogens is 366 g/mol. The molecule has 2 amide bonds. The molecule has 0 spiro atoms. The molecule has 0 bridgehead atoms. The predicted octanol–water partition coefficient (Wildman–Crippen LogP) is 3.52. The number of nitrogens with one attached hydrogen (secondary N) is 1. The quantitative estimate of drug-likeness (QED) is 0.805. The first kappa shape index (κ1) is 17.3. The second-order valence-electron chi connectivity index (χ2n) is 5.31. The van der Waals surface area contributed by atoms with E-state index in [9.17, 15) is 9.59 Å². The number of nitrogens with zero attached hydrogens (tertiary/aromatic N) is 2. The fraction of sp³-hybridized carbons (Fsp3) is 0.312. The lowest BCUT2D eigenvalue weighted by Gasteiger charge is -2.23. The van der Waals surface area contributed by atoms with Gasteiger partial charge in [0.1, 0.15) is 6.04 Å². The van der Waals surface area contributed by atoms with Gasteiger partial charge >= 0.3 is 0 Å². The summed E-state index contributed by atoms with van der Waals surface area (Å²) in [4.78, 5) is 31.6. The molecule has 2 heterocycles. The summed E-state index contributed by atoms with van der Waals surface area (Å²) < 4.78 is 0. The lowest BCUT2D eigenvalue weighted by Crippen LogP contribution is -2.43. The van der Waals surface area contributed by atoms with Gasteiger partial charge < -0.3 is 10.2 Å². The first-order chi connectivity index (χ1) is 11.6. The number of hydrogen-bond acceptors (Lipinski definition) is 5. The Bertz CT molecular complexity index is 707. The number of anilines is 1. The molecule has 0 saturated carbocycles. The van der Waals surface area contributed by atoms with Crippen LogP contribution in [-0.4, -0.2) is 40.0 Å². The minimum absolute atomic E-state index is 0.0215. The van der Waals surface area contributed by atoms with Gasteiger partial charge in [0.2, 0.25) is 11.8 Å². The van der Waals surface area contributed by atoms with E-state index < -0.39 is 6.04 Å². The maximum atomic E-state index is 12.5.